The number of aromatic nitrogens is 2. The summed E-state index contributed by atoms with van der Waals surface area (Å²) in [7, 11) is 0. The molecule has 0 saturated carbocycles. The molecular formula is C19H14N4O6. The summed E-state index contributed by atoms with van der Waals surface area (Å²) in [6.07, 6.45) is 0. The van der Waals surface area contributed by atoms with Gasteiger partial charge < -0.3 is 14.8 Å². The number of benzene rings is 2. The molecule has 1 aliphatic rings. The van der Waals surface area contributed by atoms with Gasteiger partial charge in [0, 0.05) is 35.5 Å². The van der Waals surface area contributed by atoms with Crippen LogP contribution in [0.1, 0.15) is 0 Å². The lowest BCUT2D eigenvalue weighted by Crippen LogP contribution is -2.29. The van der Waals surface area contributed by atoms with Crippen molar-refractivity contribution in [3.8, 4) is 22.8 Å². The molecule has 0 unspecified atom stereocenters. The Morgan fingerprint density at radius 3 is 2.62 bits per heavy atom. The molecule has 4 rings (SSSR count). The highest BCUT2D eigenvalue weighted by atomic mass is 16.7. The van der Waals surface area contributed by atoms with Crippen LogP contribution in [-0.2, 0) is 11.3 Å². The summed E-state index contributed by atoms with van der Waals surface area (Å²) < 4.78 is 11.5. The van der Waals surface area contributed by atoms with Gasteiger partial charge in [-0.1, -0.05) is 0 Å². The zero-order valence-electron chi connectivity index (χ0n) is 14.9. The summed E-state index contributed by atoms with van der Waals surface area (Å²) in [6, 6.07) is 13.5. The van der Waals surface area contributed by atoms with E-state index in [-0.39, 0.29) is 19.0 Å². The molecule has 1 N–H and O–H groups in total. The summed E-state index contributed by atoms with van der Waals surface area (Å²) in [5, 5.41) is 17.6. The molecule has 0 saturated heterocycles. The van der Waals surface area contributed by atoms with Gasteiger partial charge >= 0.3 is 0 Å². The van der Waals surface area contributed by atoms with E-state index in [4.69, 9.17) is 9.47 Å². The largest absolute Gasteiger partial charge is 0.454 e. The molecule has 2 heterocycles. The number of ether oxygens (including phenoxy) is 2. The Bertz CT molecular complexity index is 1160. The van der Waals surface area contributed by atoms with Crippen LogP contribution in [0, 0.1) is 10.1 Å². The van der Waals surface area contributed by atoms with E-state index in [1.807, 2.05) is 0 Å². The van der Waals surface area contributed by atoms with Crippen LogP contribution in [0.3, 0.4) is 0 Å². The Hall–Kier alpha value is -4.21. The smallest absolute Gasteiger partial charge is 0.269 e. The third-order valence-corrected chi connectivity index (χ3v) is 4.19. The van der Waals surface area contributed by atoms with Crippen LogP contribution in [0.15, 0.2) is 59.4 Å². The van der Waals surface area contributed by atoms with Gasteiger partial charge in [0.15, 0.2) is 11.5 Å². The molecule has 10 nitrogen and oxygen atoms in total. The molecule has 10 heteroatoms. The average Bonchev–Trinajstić information content (AvgIpc) is 3.17. The Kier molecular flexibility index (Phi) is 4.65. The molecule has 29 heavy (non-hydrogen) atoms. The van der Waals surface area contributed by atoms with Crippen LogP contribution in [0.5, 0.6) is 11.5 Å². The average molecular weight is 394 g/mol. The molecule has 0 spiro atoms. The number of hydrogen-bond acceptors (Lipinski definition) is 7. The molecule has 0 radical (unpaired) electrons. The standard InChI is InChI=1S/C19H14N4O6/c24-18(20-13-3-7-16-17(9-13)29-11-28-16)10-22-19(25)8-6-15(21-22)12-1-4-14(5-2-12)23(26)27/h1-9H,10-11H2,(H,20,24). The first kappa shape index (κ1) is 18.2. The summed E-state index contributed by atoms with van der Waals surface area (Å²) in [5.74, 6) is 0.675. The maximum Gasteiger partial charge on any atom is 0.269 e. The molecule has 1 amide bonds. The van der Waals surface area contributed by atoms with Crippen LogP contribution in [0.25, 0.3) is 11.3 Å². The Labute approximate surface area is 163 Å². The SMILES string of the molecule is O=C(Cn1nc(-c2ccc([N+](=O)[O-])cc2)ccc1=O)Nc1ccc2c(c1)OCO2. The lowest BCUT2D eigenvalue weighted by Gasteiger charge is -2.09. The van der Waals surface area contributed by atoms with E-state index in [0.717, 1.165) is 4.68 Å². The first-order chi connectivity index (χ1) is 14.0. The molecule has 1 aliphatic heterocycles. The van der Waals surface area contributed by atoms with E-state index in [1.165, 1.54) is 36.4 Å². The highest BCUT2D eigenvalue weighted by Crippen LogP contribution is 2.34. The summed E-state index contributed by atoms with van der Waals surface area (Å²) in [4.78, 5) is 34.7. The second kappa shape index (κ2) is 7.43. The first-order valence-electron chi connectivity index (χ1n) is 8.52. The van der Waals surface area contributed by atoms with E-state index in [0.29, 0.717) is 28.4 Å². The summed E-state index contributed by atoms with van der Waals surface area (Å²) in [5.41, 5.74) is 0.997. The Morgan fingerprint density at radius 2 is 1.86 bits per heavy atom. The number of nitrogens with one attached hydrogen (secondary N) is 1. The number of anilines is 1. The normalized spacial score (nSPS) is 11.9. The van der Waals surface area contributed by atoms with Crippen LogP contribution in [-0.4, -0.2) is 27.4 Å². The van der Waals surface area contributed by atoms with Crippen molar-refractivity contribution in [2.24, 2.45) is 0 Å². The molecule has 2 aromatic carbocycles. The monoisotopic (exact) mass is 394 g/mol. The number of hydrogen-bond donors (Lipinski definition) is 1. The van der Waals surface area contributed by atoms with Gasteiger partial charge in [0.2, 0.25) is 12.7 Å². The van der Waals surface area contributed by atoms with E-state index < -0.39 is 16.4 Å². The maximum atomic E-state index is 12.3. The number of non-ortho nitro benzene ring substituents is 1. The molecule has 0 atom stereocenters. The van der Waals surface area contributed by atoms with Gasteiger partial charge in [0.1, 0.15) is 6.54 Å². The van der Waals surface area contributed by atoms with Crippen LogP contribution in [0.4, 0.5) is 11.4 Å². The summed E-state index contributed by atoms with van der Waals surface area (Å²) in [6.45, 7) is -0.171. The van der Waals surface area contributed by atoms with Gasteiger partial charge in [-0.3, -0.25) is 19.7 Å². The van der Waals surface area contributed by atoms with Crippen molar-refractivity contribution in [3.63, 3.8) is 0 Å². The van der Waals surface area contributed by atoms with E-state index in [2.05, 4.69) is 10.4 Å². The maximum absolute atomic E-state index is 12.3. The van der Waals surface area contributed by atoms with Crippen molar-refractivity contribution in [1.82, 2.24) is 9.78 Å². The number of nitrogens with zero attached hydrogens (tertiary/aromatic N) is 3. The van der Waals surface area contributed by atoms with Crippen molar-refractivity contribution in [2.75, 3.05) is 12.1 Å². The second-order valence-electron chi connectivity index (χ2n) is 6.13. The predicted octanol–water partition coefficient (Wildman–Crippen LogP) is 2.19. The van der Waals surface area contributed by atoms with Crippen molar-refractivity contribution in [2.45, 2.75) is 6.54 Å². The lowest BCUT2D eigenvalue weighted by atomic mass is 10.1. The van der Waals surface area contributed by atoms with Gasteiger partial charge in [-0.05, 0) is 30.3 Å². The minimum atomic E-state index is -0.501. The lowest BCUT2D eigenvalue weighted by molar-refractivity contribution is -0.384. The number of amides is 1. The number of carbonyl (C=O) groups is 1. The fourth-order valence-electron chi connectivity index (χ4n) is 2.78. The molecular weight excluding hydrogens is 380 g/mol. The Morgan fingerprint density at radius 1 is 1.10 bits per heavy atom. The number of rotatable bonds is 5. The Balaban J connectivity index is 1.51. The van der Waals surface area contributed by atoms with Crippen molar-refractivity contribution < 1.29 is 19.2 Å². The van der Waals surface area contributed by atoms with Crippen LogP contribution >= 0.6 is 0 Å². The van der Waals surface area contributed by atoms with Gasteiger partial charge in [-0.25, -0.2) is 4.68 Å². The highest BCUT2D eigenvalue weighted by Gasteiger charge is 2.15. The predicted molar refractivity (Wildman–Crippen MR) is 102 cm³/mol. The number of nitro benzene ring substituents is 1. The van der Waals surface area contributed by atoms with Gasteiger partial charge in [0.05, 0.1) is 10.6 Å². The van der Waals surface area contributed by atoms with E-state index in [9.17, 15) is 19.7 Å². The van der Waals surface area contributed by atoms with Crippen molar-refractivity contribution >= 4 is 17.3 Å². The van der Waals surface area contributed by atoms with Gasteiger partial charge in [-0.15, -0.1) is 0 Å². The van der Waals surface area contributed by atoms with Gasteiger partial charge in [0.25, 0.3) is 11.2 Å². The number of nitro groups is 1. The van der Waals surface area contributed by atoms with Crippen LogP contribution in [0.2, 0.25) is 0 Å². The fraction of sp³-hybridized carbons (Fsp3) is 0.105. The van der Waals surface area contributed by atoms with E-state index in [1.54, 1.807) is 18.2 Å². The van der Waals surface area contributed by atoms with Gasteiger partial charge in [-0.2, -0.15) is 5.10 Å². The minimum Gasteiger partial charge on any atom is -0.454 e. The summed E-state index contributed by atoms with van der Waals surface area (Å²) >= 11 is 0. The zero-order valence-corrected chi connectivity index (χ0v) is 14.9. The first-order valence-corrected chi connectivity index (χ1v) is 8.52. The molecule has 0 aliphatic carbocycles. The fourth-order valence-corrected chi connectivity index (χ4v) is 2.78. The minimum absolute atomic E-state index is 0.0508. The molecule has 0 bridgehead atoms. The second-order valence-corrected chi connectivity index (χ2v) is 6.13. The third kappa shape index (κ3) is 3.90. The molecule has 0 fully saturated rings. The topological polar surface area (TPSA) is 126 Å². The third-order valence-electron chi connectivity index (χ3n) is 4.19. The zero-order chi connectivity index (χ0) is 20.4. The van der Waals surface area contributed by atoms with Crippen molar-refractivity contribution in [1.29, 1.82) is 0 Å². The quantitative estimate of drug-likeness (QED) is 0.519. The molecule has 3 aromatic rings. The number of fused-ring (bicyclic) bond motifs is 1. The van der Waals surface area contributed by atoms with Crippen LogP contribution < -0.4 is 20.3 Å². The van der Waals surface area contributed by atoms with Crippen molar-refractivity contribution in [3.05, 3.63) is 75.1 Å². The van der Waals surface area contributed by atoms with E-state index >= 15 is 0 Å². The number of carbonyl (C=O) groups excluding carboxylic acids is 1. The molecule has 146 valence electrons. The molecule has 1 aromatic heterocycles. The highest BCUT2D eigenvalue weighted by molar-refractivity contribution is 5.90.